The SMILES string of the molecule is COC(=O)C1=Cc2cc(OC)cc(OC)c2C(C)=NC1. The van der Waals surface area contributed by atoms with Crippen molar-refractivity contribution in [2.45, 2.75) is 6.92 Å². The van der Waals surface area contributed by atoms with Gasteiger partial charge in [0.1, 0.15) is 11.5 Å². The largest absolute Gasteiger partial charge is 0.497 e. The van der Waals surface area contributed by atoms with Crippen LogP contribution in [-0.2, 0) is 9.53 Å². The number of carbonyl (C=O) groups excluding carboxylic acids is 1. The van der Waals surface area contributed by atoms with Gasteiger partial charge in [-0.1, -0.05) is 0 Å². The van der Waals surface area contributed by atoms with E-state index in [2.05, 4.69) is 4.99 Å². The molecule has 5 heteroatoms. The third-order valence-corrected chi connectivity index (χ3v) is 3.19. The highest BCUT2D eigenvalue weighted by atomic mass is 16.5. The summed E-state index contributed by atoms with van der Waals surface area (Å²) >= 11 is 0. The van der Waals surface area contributed by atoms with Crippen LogP contribution in [0, 0.1) is 0 Å². The van der Waals surface area contributed by atoms with Gasteiger partial charge in [-0.25, -0.2) is 4.79 Å². The normalized spacial score (nSPS) is 13.6. The van der Waals surface area contributed by atoms with Gasteiger partial charge in [-0.15, -0.1) is 0 Å². The van der Waals surface area contributed by atoms with E-state index in [-0.39, 0.29) is 5.97 Å². The van der Waals surface area contributed by atoms with E-state index in [1.165, 1.54) is 7.11 Å². The van der Waals surface area contributed by atoms with E-state index >= 15 is 0 Å². The highest BCUT2D eigenvalue weighted by Gasteiger charge is 2.19. The van der Waals surface area contributed by atoms with E-state index < -0.39 is 0 Å². The Morgan fingerprint density at radius 1 is 1.20 bits per heavy atom. The van der Waals surface area contributed by atoms with Gasteiger partial charge in [0.2, 0.25) is 0 Å². The Balaban J connectivity index is 2.66. The van der Waals surface area contributed by atoms with Crippen LogP contribution in [0.15, 0.2) is 22.7 Å². The van der Waals surface area contributed by atoms with E-state index in [1.54, 1.807) is 26.4 Å². The Morgan fingerprint density at radius 2 is 1.95 bits per heavy atom. The first kappa shape index (κ1) is 14.1. The van der Waals surface area contributed by atoms with Gasteiger partial charge < -0.3 is 14.2 Å². The molecule has 1 aromatic rings. The van der Waals surface area contributed by atoms with Crippen molar-refractivity contribution in [1.82, 2.24) is 0 Å². The standard InChI is InChI=1S/C15H17NO4/c1-9-14-10(5-11(8-16-9)15(17)20-4)6-12(18-2)7-13(14)19-3/h5-7H,8H2,1-4H3. The van der Waals surface area contributed by atoms with Gasteiger partial charge in [-0.2, -0.15) is 0 Å². The fraction of sp³-hybridized carbons (Fsp3) is 0.333. The molecule has 0 bridgehead atoms. The summed E-state index contributed by atoms with van der Waals surface area (Å²) < 4.78 is 15.4. The van der Waals surface area contributed by atoms with Crippen molar-refractivity contribution in [3.63, 3.8) is 0 Å². The molecule has 0 aliphatic carbocycles. The quantitative estimate of drug-likeness (QED) is 0.792. The summed E-state index contributed by atoms with van der Waals surface area (Å²) in [7, 11) is 4.54. The lowest BCUT2D eigenvalue weighted by atomic mass is 10.0. The van der Waals surface area contributed by atoms with Gasteiger partial charge >= 0.3 is 5.97 Å². The van der Waals surface area contributed by atoms with Crippen molar-refractivity contribution >= 4 is 17.8 Å². The highest BCUT2D eigenvalue weighted by Crippen LogP contribution is 2.32. The molecule has 0 fully saturated rings. The van der Waals surface area contributed by atoms with E-state index in [0.717, 1.165) is 16.8 Å². The Hall–Kier alpha value is -2.30. The van der Waals surface area contributed by atoms with Crippen molar-refractivity contribution in [2.24, 2.45) is 4.99 Å². The molecular weight excluding hydrogens is 258 g/mol. The number of hydrogen-bond donors (Lipinski definition) is 0. The summed E-state index contributed by atoms with van der Waals surface area (Å²) in [6.45, 7) is 2.18. The molecule has 1 aliphatic rings. The minimum absolute atomic E-state index is 0.290. The number of rotatable bonds is 3. The first-order chi connectivity index (χ1) is 9.60. The predicted molar refractivity (Wildman–Crippen MR) is 76.6 cm³/mol. The summed E-state index contributed by atoms with van der Waals surface area (Å²) in [6.07, 6.45) is 1.77. The Morgan fingerprint density at radius 3 is 2.55 bits per heavy atom. The molecule has 5 nitrogen and oxygen atoms in total. The van der Waals surface area contributed by atoms with Crippen molar-refractivity contribution < 1.29 is 19.0 Å². The number of esters is 1. The molecule has 20 heavy (non-hydrogen) atoms. The van der Waals surface area contributed by atoms with E-state index in [0.29, 0.717) is 23.6 Å². The zero-order valence-corrected chi connectivity index (χ0v) is 12.0. The Kier molecular flexibility index (Phi) is 4.08. The maximum absolute atomic E-state index is 11.7. The number of benzene rings is 1. The third-order valence-electron chi connectivity index (χ3n) is 3.19. The number of hydrogen-bond acceptors (Lipinski definition) is 5. The van der Waals surface area contributed by atoms with E-state index in [4.69, 9.17) is 14.2 Å². The first-order valence-electron chi connectivity index (χ1n) is 6.17. The molecule has 1 aliphatic heterocycles. The lowest BCUT2D eigenvalue weighted by Crippen LogP contribution is -2.07. The predicted octanol–water partition coefficient (Wildman–Crippen LogP) is 2.08. The molecule has 1 heterocycles. The first-order valence-corrected chi connectivity index (χ1v) is 6.17. The molecule has 2 rings (SSSR count). The molecular formula is C15H17NO4. The molecule has 0 unspecified atom stereocenters. The maximum atomic E-state index is 11.7. The van der Waals surface area contributed by atoms with Crippen LogP contribution in [0.3, 0.4) is 0 Å². The van der Waals surface area contributed by atoms with E-state index in [9.17, 15) is 4.79 Å². The van der Waals surface area contributed by atoms with Gasteiger partial charge in [-0.05, 0) is 24.6 Å². The van der Waals surface area contributed by atoms with Crippen molar-refractivity contribution in [3.8, 4) is 11.5 Å². The summed E-state index contributed by atoms with van der Waals surface area (Å²) in [5.74, 6) is 0.954. The second-order valence-electron chi connectivity index (χ2n) is 4.36. The molecule has 0 atom stereocenters. The van der Waals surface area contributed by atoms with Crippen LogP contribution in [0.25, 0.3) is 6.08 Å². The monoisotopic (exact) mass is 275 g/mol. The molecule has 0 amide bonds. The zero-order chi connectivity index (χ0) is 14.7. The van der Waals surface area contributed by atoms with Crippen LogP contribution >= 0.6 is 0 Å². The molecule has 0 N–H and O–H groups in total. The van der Waals surface area contributed by atoms with Gasteiger partial charge in [0.25, 0.3) is 0 Å². The fourth-order valence-corrected chi connectivity index (χ4v) is 2.16. The lowest BCUT2D eigenvalue weighted by Gasteiger charge is -2.13. The molecule has 0 radical (unpaired) electrons. The summed E-state index contributed by atoms with van der Waals surface area (Å²) in [6, 6.07) is 3.65. The topological polar surface area (TPSA) is 57.1 Å². The lowest BCUT2D eigenvalue weighted by molar-refractivity contribution is -0.136. The van der Waals surface area contributed by atoms with Gasteiger partial charge in [0.15, 0.2) is 0 Å². The van der Waals surface area contributed by atoms with Gasteiger partial charge in [-0.3, -0.25) is 4.99 Å². The van der Waals surface area contributed by atoms with E-state index in [1.807, 2.05) is 13.0 Å². The second kappa shape index (κ2) is 5.77. The van der Waals surface area contributed by atoms with Gasteiger partial charge in [0.05, 0.1) is 33.4 Å². The number of aliphatic imine (C=N–C) groups is 1. The average molecular weight is 275 g/mol. The number of nitrogens with zero attached hydrogens (tertiary/aromatic N) is 1. The molecule has 1 aromatic carbocycles. The van der Waals surface area contributed by atoms with Crippen LogP contribution in [0.4, 0.5) is 0 Å². The van der Waals surface area contributed by atoms with Crippen molar-refractivity contribution in [2.75, 3.05) is 27.9 Å². The minimum atomic E-state index is -0.379. The molecule has 106 valence electrons. The number of methoxy groups -OCH3 is 3. The molecule has 0 spiro atoms. The summed E-state index contributed by atoms with van der Waals surface area (Å²) in [5, 5.41) is 0. The van der Waals surface area contributed by atoms with Crippen LogP contribution in [0.5, 0.6) is 11.5 Å². The van der Waals surface area contributed by atoms with Crippen LogP contribution in [0.1, 0.15) is 18.1 Å². The maximum Gasteiger partial charge on any atom is 0.335 e. The molecule has 0 aromatic heterocycles. The Labute approximate surface area is 117 Å². The van der Waals surface area contributed by atoms with Gasteiger partial charge in [0, 0.05) is 17.3 Å². The molecule has 0 saturated heterocycles. The highest BCUT2D eigenvalue weighted by molar-refractivity contribution is 6.07. The minimum Gasteiger partial charge on any atom is -0.497 e. The van der Waals surface area contributed by atoms with Crippen LogP contribution in [-0.4, -0.2) is 39.6 Å². The summed E-state index contributed by atoms with van der Waals surface area (Å²) in [4.78, 5) is 16.1. The Bertz CT molecular complexity index is 602. The molecule has 0 saturated carbocycles. The smallest absolute Gasteiger partial charge is 0.335 e. The third kappa shape index (κ3) is 2.52. The van der Waals surface area contributed by atoms with Crippen molar-refractivity contribution in [1.29, 1.82) is 0 Å². The summed E-state index contributed by atoms with van der Waals surface area (Å²) in [5.41, 5.74) is 3.02. The number of carbonyl (C=O) groups is 1. The number of ether oxygens (including phenoxy) is 3. The number of fused-ring (bicyclic) bond motifs is 1. The zero-order valence-electron chi connectivity index (χ0n) is 12.0. The average Bonchev–Trinajstić information content (AvgIpc) is 2.64. The fourth-order valence-electron chi connectivity index (χ4n) is 2.16. The van der Waals surface area contributed by atoms with Crippen molar-refractivity contribution in [3.05, 3.63) is 28.8 Å². The van der Waals surface area contributed by atoms with Crippen LogP contribution in [0.2, 0.25) is 0 Å². The van der Waals surface area contributed by atoms with Crippen LogP contribution < -0.4 is 9.47 Å². The second-order valence-corrected chi connectivity index (χ2v) is 4.36.